The lowest BCUT2D eigenvalue weighted by Gasteiger charge is -2.06. The summed E-state index contributed by atoms with van der Waals surface area (Å²) < 4.78 is 0. The summed E-state index contributed by atoms with van der Waals surface area (Å²) in [4.78, 5) is 23.5. The molecular weight excluding hydrogens is 318 g/mol. The van der Waals surface area contributed by atoms with E-state index in [4.69, 9.17) is 11.6 Å². The molecule has 0 saturated heterocycles. The van der Waals surface area contributed by atoms with Crippen molar-refractivity contribution in [2.75, 3.05) is 5.32 Å². The smallest absolute Gasteiger partial charge is 0.329 e. The number of halogens is 1. The van der Waals surface area contributed by atoms with Crippen molar-refractivity contribution in [1.82, 2.24) is 5.43 Å². The second-order valence-electron chi connectivity index (χ2n) is 4.62. The van der Waals surface area contributed by atoms with Crippen LogP contribution in [-0.2, 0) is 9.59 Å². The first-order chi connectivity index (χ1) is 11.0. The molecule has 0 radical (unpaired) electrons. The summed E-state index contributed by atoms with van der Waals surface area (Å²) in [6.07, 6.45) is 0. The van der Waals surface area contributed by atoms with Gasteiger partial charge in [-0.2, -0.15) is 5.10 Å². The van der Waals surface area contributed by atoms with Crippen LogP contribution in [0, 0.1) is 0 Å². The molecule has 0 spiro atoms. The van der Waals surface area contributed by atoms with Gasteiger partial charge in [-0.1, -0.05) is 29.8 Å². The highest BCUT2D eigenvalue weighted by Gasteiger charge is 2.13. The Kier molecular flexibility index (Phi) is 5.32. The third-order valence-electron chi connectivity index (χ3n) is 2.91. The van der Waals surface area contributed by atoms with Crippen molar-refractivity contribution in [3.05, 3.63) is 59.1 Å². The van der Waals surface area contributed by atoms with E-state index in [1.54, 1.807) is 43.3 Å². The molecule has 0 aliphatic carbocycles. The molecule has 0 unspecified atom stereocenters. The second kappa shape index (κ2) is 7.42. The highest BCUT2D eigenvalue weighted by atomic mass is 35.5. The highest BCUT2D eigenvalue weighted by Crippen LogP contribution is 2.16. The number of hydrazone groups is 1. The molecule has 0 bridgehead atoms. The number of carbonyl (C=O) groups is 2. The number of nitrogens with one attached hydrogen (secondary N) is 2. The number of aromatic hydroxyl groups is 1. The number of nitrogens with zero attached hydrogens (tertiary/aromatic N) is 1. The number of phenolic OH excluding ortho intramolecular Hbond substituents is 1. The molecule has 7 heteroatoms. The lowest BCUT2D eigenvalue weighted by atomic mass is 10.1. The Morgan fingerprint density at radius 2 is 1.83 bits per heavy atom. The summed E-state index contributed by atoms with van der Waals surface area (Å²) in [5, 5.41) is 16.3. The largest absolute Gasteiger partial charge is 0.507 e. The number of para-hydroxylation sites is 1. The lowest BCUT2D eigenvalue weighted by Crippen LogP contribution is -2.32. The zero-order chi connectivity index (χ0) is 16.8. The van der Waals surface area contributed by atoms with Gasteiger partial charge in [0.05, 0.1) is 5.71 Å². The third kappa shape index (κ3) is 4.55. The minimum Gasteiger partial charge on any atom is -0.507 e. The first kappa shape index (κ1) is 16.5. The summed E-state index contributed by atoms with van der Waals surface area (Å²) in [6.45, 7) is 1.60. The standard InChI is InChI=1S/C16H14ClN3O3/c1-10(13-7-2-3-8-14(13)21)19-20-16(23)15(22)18-12-6-4-5-11(17)9-12/h2-9,21H,1H3,(H,18,22)(H,20,23). The minimum atomic E-state index is -0.931. The molecule has 0 fully saturated rings. The first-order valence-electron chi connectivity index (χ1n) is 6.67. The average Bonchev–Trinajstić information content (AvgIpc) is 2.52. The molecule has 6 nitrogen and oxygen atoms in total. The molecule has 118 valence electrons. The van der Waals surface area contributed by atoms with E-state index in [0.29, 0.717) is 22.0 Å². The Balaban J connectivity index is 2.00. The summed E-state index contributed by atoms with van der Waals surface area (Å²) in [6, 6.07) is 13.0. The fourth-order valence-electron chi connectivity index (χ4n) is 1.78. The van der Waals surface area contributed by atoms with E-state index >= 15 is 0 Å². The monoisotopic (exact) mass is 331 g/mol. The predicted octanol–water partition coefficient (Wildman–Crippen LogP) is 2.52. The molecule has 0 saturated carbocycles. The van der Waals surface area contributed by atoms with Gasteiger partial charge in [0.15, 0.2) is 0 Å². The maximum Gasteiger partial charge on any atom is 0.329 e. The SMILES string of the molecule is CC(=NNC(=O)C(=O)Nc1cccc(Cl)c1)c1ccccc1O. The Morgan fingerprint density at radius 1 is 1.09 bits per heavy atom. The van der Waals surface area contributed by atoms with Crippen LogP contribution >= 0.6 is 11.6 Å². The number of carbonyl (C=O) groups excluding carboxylic acids is 2. The van der Waals surface area contributed by atoms with Crippen LogP contribution in [-0.4, -0.2) is 22.6 Å². The van der Waals surface area contributed by atoms with E-state index in [2.05, 4.69) is 15.8 Å². The van der Waals surface area contributed by atoms with Crippen LogP contribution in [0.25, 0.3) is 0 Å². The van der Waals surface area contributed by atoms with Crippen molar-refractivity contribution in [3.63, 3.8) is 0 Å². The van der Waals surface area contributed by atoms with Crippen LogP contribution in [0.5, 0.6) is 5.75 Å². The molecule has 0 aliphatic heterocycles. The van der Waals surface area contributed by atoms with E-state index < -0.39 is 11.8 Å². The normalized spacial score (nSPS) is 11.0. The molecule has 0 aromatic heterocycles. The maximum atomic E-state index is 11.8. The second-order valence-corrected chi connectivity index (χ2v) is 5.06. The molecule has 0 heterocycles. The van der Waals surface area contributed by atoms with E-state index in [-0.39, 0.29) is 5.75 Å². The molecule has 23 heavy (non-hydrogen) atoms. The van der Waals surface area contributed by atoms with Crippen LogP contribution in [0.3, 0.4) is 0 Å². The molecule has 2 amide bonds. The minimum absolute atomic E-state index is 0.0337. The van der Waals surface area contributed by atoms with Crippen LogP contribution in [0.15, 0.2) is 53.6 Å². The fourth-order valence-corrected chi connectivity index (χ4v) is 1.97. The summed E-state index contributed by atoms with van der Waals surface area (Å²) >= 11 is 5.80. The van der Waals surface area contributed by atoms with Gasteiger partial charge >= 0.3 is 11.8 Å². The Labute approximate surface area is 137 Å². The number of phenols is 1. The number of hydrogen-bond donors (Lipinski definition) is 3. The van der Waals surface area contributed by atoms with Gasteiger partial charge in [-0.25, -0.2) is 5.43 Å². The maximum absolute atomic E-state index is 11.8. The number of amides is 2. The van der Waals surface area contributed by atoms with Crippen molar-refractivity contribution in [1.29, 1.82) is 0 Å². The van der Waals surface area contributed by atoms with Gasteiger partial charge < -0.3 is 10.4 Å². The van der Waals surface area contributed by atoms with E-state index in [1.807, 2.05) is 0 Å². The van der Waals surface area contributed by atoms with Crippen molar-refractivity contribution in [2.24, 2.45) is 5.10 Å². The summed E-state index contributed by atoms with van der Waals surface area (Å²) in [5.74, 6) is -1.77. The van der Waals surface area contributed by atoms with Crippen LogP contribution in [0.4, 0.5) is 5.69 Å². The van der Waals surface area contributed by atoms with Crippen molar-refractivity contribution in [2.45, 2.75) is 6.92 Å². The quantitative estimate of drug-likeness (QED) is 0.458. The Morgan fingerprint density at radius 3 is 2.52 bits per heavy atom. The number of rotatable bonds is 3. The van der Waals surface area contributed by atoms with Crippen LogP contribution in [0.1, 0.15) is 12.5 Å². The van der Waals surface area contributed by atoms with E-state index in [9.17, 15) is 14.7 Å². The summed E-state index contributed by atoms with van der Waals surface area (Å²) in [7, 11) is 0. The van der Waals surface area contributed by atoms with Gasteiger partial charge in [0.1, 0.15) is 5.75 Å². The van der Waals surface area contributed by atoms with Gasteiger partial charge in [-0.05, 0) is 37.3 Å². The molecule has 0 aliphatic rings. The molecule has 2 rings (SSSR count). The highest BCUT2D eigenvalue weighted by molar-refractivity contribution is 6.40. The van der Waals surface area contributed by atoms with Crippen LogP contribution < -0.4 is 10.7 Å². The lowest BCUT2D eigenvalue weighted by molar-refractivity contribution is -0.136. The molecular formula is C16H14ClN3O3. The van der Waals surface area contributed by atoms with Crippen molar-refractivity contribution in [3.8, 4) is 5.75 Å². The fraction of sp³-hybridized carbons (Fsp3) is 0.0625. The average molecular weight is 332 g/mol. The zero-order valence-electron chi connectivity index (χ0n) is 12.2. The number of hydrogen-bond acceptors (Lipinski definition) is 4. The van der Waals surface area contributed by atoms with Crippen LogP contribution in [0.2, 0.25) is 5.02 Å². The molecule has 2 aromatic carbocycles. The van der Waals surface area contributed by atoms with Gasteiger partial charge in [0, 0.05) is 16.3 Å². The van der Waals surface area contributed by atoms with Gasteiger partial charge in [-0.3, -0.25) is 9.59 Å². The van der Waals surface area contributed by atoms with Gasteiger partial charge in [0.25, 0.3) is 0 Å². The predicted molar refractivity (Wildman–Crippen MR) is 88.5 cm³/mol. The third-order valence-corrected chi connectivity index (χ3v) is 3.14. The zero-order valence-corrected chi connectivity index (χ0v) is 13.0. The summed E-state index contributed by atoms with van der Waals surface area (Å²) in [5.41, 5.74) is 3.37. The first-order valence-corrected chi connectivity index (χ1v) is 7.04. The molecule has 2 aromatic rings. The topological polar surface area (TPSA) is 90.8 Å². The van der Waals surface area contributed by atoms with Gasteiger partial charge in [-0.15, -0.1) is 0 Å². The number of benzene rings is 2. The van der Waals surface area contributed by atoms with E-state index in [1.165, 1.54) is 12.1 Å². The van der Waals surface area contributed by atoms with Crippen molar-refractivity contribution < 1.29 is 14.7 Å². The van der Waals surface area contributed by atoms with Crippen molar-refractivity contribution >= 4 is 34.8 Å². The van der Waals surface area contributed by atoms with Gasteiger partial charge in [0.2, 0.25) is 0 Å². The number of anilines is 1. The Bertz CT molecular complexity index is 775. The van der Waals surface area contributed by atoms with E-state index in [0.717, 1.165) is 0 Å². The molecule has 0 atom stereocenters. The Hall–Kier alpha value is -2.86. The molecule has 3 N–H and O–H groups in total.